The van der Waals surface area contributed by atoms with Crippen molar-refractivity contribution < 1.29 is 9.53 Å². The van der Waals surface area contributed by atoms with Crippen LogP contribution in [-0.4, -0.2) is 24.1 Å². The number of esters is 1. The van der Waals surface area contributed by atoms with Crippen LogP contribution in [0, 0.1) is 0 Å². The first-order chi connectivity index (χ1) is 9.69. The first-order valence-corrected chi connectivity index (χ1v) is 6.72. The van der Waals surface area contributed by atoms with Crippen LogP contribution in [0.4, 0.5) is 0 Å². The first kappa shape index (κ1) is 14.3. The summed E-state index contributed by atoms with van der Waals surface area (Å²) < 4.78 is 4.66. The van der Waals surface area contributed by atoms with E-state index in [4.69, 9.17) is 0 Å². The highest BCUT2D eigenvalue weighted by Gasteiger charge is 2.08. The summed E-state index contributed by atoms with van der Waals surface area (Å²) in [6, 6.07) is 14.4. The molecule has 4 nitrogen and oxygen atoms in total. The number of H-pyrrole nitrogens is 1. The molecule has 4 heteroatoms. The molecule has 0 radical (unpaired) electrons. The molecule has 2 N–H and O–H groups in total. The standard InChI is InChI=1S/C16H20N2O2/c1-12(10-13-6-4-3-5-7-13)17-11-14-8-9-15(18-14)16(19)20-2/h3-9,12,17-18H,10-11H2,1-2H3. The maximum Gasteiger partial charge on any atom is 0.354 e. The van der Waals surface area contributed by atoms with Crippen LogP contribution in [0.25, 0.3) is 0 Å². The summed E-state index contributed by atoms with van der Waals surface area (Å²) >= 11 is 0. The Morgan fingerprint density at radius 2 is 2.00 bits per heavy atom. The van der Waals surface area contributed by atoms with Crippen LogP contribution in [-0.2, 0) is 17.7 Å². The summed E-state index contributed by atoms with van der Waals surface area (Å²) in [5.74, 6) is -0.339. The molecule has 1 aromatic heterocycles. The van der Waals surface area contributed by atoms with Gasteiger partial charge in [0.2, 0.25) is 0 Å². The lowest BCUT2D eigenvalue weighted by Gasteiger charge is -2.13. The lowest BCUT2D eigenvalue weighted by Crippen LogP contribution is -2.27. The van der Waals surface area contributed by atoms with E-state index in [1.54, 1.807) is 6.07 Å². The third-order valence-corrected chi connectivity index (χ3v) is 3.18. The number of methoxy groups -OCH3 is 1. The van der Waals surface area contributed by atoms with E-state index in [2.05, 4.69) is 46.2 Å². The molecule has 1 aromatic carbocycles. The number of ether oxygens (including phenoxy) is 1. The van der Waals surface area contributed by atoms with Crippen LogP contribution in [0.2, 0.25) is 0 Å². The Hall–Kier alpha value is -2.07. The quantitative estimate of drug-likeness (QED) is 0.794. The maximum atomic E-state index is 11.3. The molecule has 1 heterocycles. The fourth-order valence-electron chi connectivity index (χ4n) is 2.10. The van der Waals surface area contributed by atoms with Gasteiger partial charge in [-0.1, -0.05) is 30.3 Å². The average molecular weight is 272 g/mol. The number of hydrogen-bond acceptors (Lipinski definition) is 3. The molecule has 106 valence electrons. The highest BCUT2D eigenvalue weighted by atomic mass is 16.5. The van der Waals surface area contributed by atoms with Gasteiger partial charge in [0.05, 0.1) is 7.11 Å². The zero-order chi connectivity index (χ0) is 14.4. The topological polar surface area (TPSA) is 54.1 Å². The molecule has 1 unspecified atom stereocenters. The number of rotatable bonds is 6. The zero-order valence-corrected chi connectivity index (χ0v) is 11.8. The fraction of sp³-hybridized carbons (Fsp3) is 0.312. The molecular weight excluding hydrogens is 252 g/mol. The van der Waals surface area contributed by atoms with E-state index in [0.717, 1.165) is 12.1 Å². The Bertz CT molecular complexity index is 549. The van der Waals surface area contributed by atoms with E-state index in [1.807, 2.05) is 12.1 Å². The zero-order valence-electron chi connectivity index (χ0n) is 11.8. The van der Waals surface area contributed by atoms with Crippen LogP contribution in [0.3, 0.4) is 0 Å². The van der Waals surface area contributed by atoms with Crippen LogP contribution in [0.5, 0.6) is 0 Å². The van der Waals surface area contributed by atoms with Gasteiger partial charge in [-0.25, -0.2) is 4.79 Å². The van der Waals surface area contributed by atoms with Gasteiger partial charge >= 0.3 is 5.97 Å². The second kappa shape index (κ2) is 6.91. The summed E-state index contributed by atoms with van der Waals surface area (Å²) in [5.41, 5.74) is 2.78. The number of nitrogens with one attached hydrogen (secondary N) is 2. The Morgan fingerprint density at radius 3 is 2.70 bits per heavy atom. The van der Waals surface area contributed by atoms with Gasteiger partial charge in [-0.2, -0.15) is 0 Å². The monoisotopic (exact) mass is 272 g/mol. The molecule has 0 bridgehead atoms. The van der Waals surface area contributed by atoms with E-state index in [9.17, 15) is 4.79 Å². The number of benzene rings is 1. The van der Waals surface area contributed by atoms with Gasteiger partial charge in [0.15, 0.2) is 0 Å². The van der Waals surface area contributed by atoms with Crippen molar-refractivity contribution in [3.63, 3.8) is 0 Å². The van der Waals surface area contributed by atoms with Crippen molar-refractivity contribution >= 4 is 5.97 Å². The van der Waals surface area contributed by atoms with Gasteiger partial charge < -0.3 is 15.0 Å². The molecule has 0 aliphatic heterocycles. The van der Waals surface area contributed by atoms with Crippen molar-refractivity contribution in [3.8, 4) is 0 Å². The van der Waals surface area contributed by atoms with E-state index in [-0.39, 0.29) is 5.97 Å². The molecule has 0 amide bonds. The van der Waals surface area contributed by atoms with Crippen molar-refractivity contribution in [1.82, 2.24) is 10.3 Å². The van der Waals surface area contributed by atoms with Crippen molar-refractivity contribution in [2.45, 2.75) is 25.9 Å². The van der Waals surface area contributed by atoms with Gasteiger partial charge in [-0.3, -0.25) is 0 Å². The van der Waals surface area contributed by atoms with Gasteiger partial charge in [0, 0.05) is 18.3 Å². The minimum absolute atomic E-state index is 0.339. The van der Waals surface area contributed by atoms with Gasteiger partial charge in [0.25, 0.3) is 0 Å². The van der Waals surface area contributed by atoms with E-state index in [0.29, 0.717) is 18.3 Å². The maximum absolute atomic E-state index is 11.3. The van der Waals surface area contributed by atoms with Gasteiger partial charge in [-0.15, -0.1) is 0 Å². The molecule has 2 rings (SSSR count). The van der Waals surface area contributed by atoms with Gasteiger partial charge in [0.1, 0.15) is 5.69 Å². The third-order valence-electron chi connectivity index (χ3n) is 3.18. The number of aromatic nitrogens is 1. The second-order valence-electron chi connectivity index (χ2n) is 4.86. The molecule has 0 aliphatic rings. The summed E-state index contributed by atoms with van der Waals surface area (Å²) in [7, 11) is 1.38. The Morgan fingerprint density at radius 1 is 1.25 bits per heavy atom. The lowest BCUT2D eigenvalue weighted by molar-refractivity contribution is 0.0594. The molecule has 20 heavy (non-hydrogen) atoms. The first-order valence-electron chi connectivity index (χ1n) is 6.72. The summed E-state index contributed by atoms with van der Waals surface area (Å²) in [6.07, 6.45) is 0.978. The smallest absolute Gasteiger partial charge is 0.354 e. The SMILES string of the molecule is COC(=O)c1ccc(CNC(C)Cc2ccccc2)[nH]1. The number of aromatic amines is 1. The van der Waals surface area contributed by atoms with Crippen molar-refractivity contribution in [2.24, 2.45) is 0 Å². The van der Waals surface area contributed by atoms with Crippen LogP contribution < -0.4 is 5.32 Å². The normalized spacial score (nSPS) is 12.1. The molecule has 0 fully saturated rings. The molecule has 2 aromatic rings. The Kier molecular flexibility index (Phi) is 4.96. The van der Waals surface area contributed by atoms with Gasteiger partial charge in [-0.05, 0) is 31.0 Å². The molecular formula is C16H20N2O2. The number of carbonyl (C=O) groups is 1. The molecule has 0 spiro atoms. The third kappa shape index (κ3) is 3.96. The van der Waals surface area contributed by atoms with E-state index in [1.165, 1.54) is 12.7 Å². The molecule has 0 saturated heterocycles. The number of carbonyl (C=O) groups excluding carboxylic acids is 1. The summed E-state index contributed by atoms with van der Waals surface area (Å²) in [6.45, 7) is 2.85. The average Bonchev–Trinajstić information content (AvgIpc) is 2.94. The minimum Gasteiger partial charge on any atom is -0.464 e. The predicted molar refractivity (Wildman–Crippen MR) is 78.6 cm³/mol. The molecule has 0 saturated carbocycles. The Balaban J connectivity index is 1.83. The van der Waals surface area contributed by atoms with Crippen molar-refractivity contribution in [2.75, 3.05) is 7.11 Å². The fourth-order valence-corrected chi connectivity index (χ4v) is 2.10. The molecule has 1 atom stereocenters. The van der Waals surface area contributed by atoms with Crippen LogP contribution >= 0.6 is 0 Å². The largest absolute Gasteiger partial charge is 0.464 e. The van der Waals surface area contributed by atoms with Crippen molar-refractivity contribution in [3.05, 3.63) is 59.4 Å². The van der Waals surface area contributed by atoms with E-state index >= 15 is 0 Å². The predicted octanol–water partition coefficient (Wildman–Crippen LogP) is 2.52. The molecule has 0 aliphatic carbocycles. The summed E-state index contributed by atoms with van der Waals surface area (Å²) in [5, 5.41) is 3.43. The summed E-state index contributed by atoms with van der Waals surface area (Å²) in [4.78, 5) is 14.4. The van der Waals surface area contributed by atoms with Crippen LogP contribution in [0.1, 0.15) is 28.7 Å². The van der Waals surface area contributed by atoms with Crippen LogP contribution in [0.15, 0.2) is 42.5 Å². The second-order valence-corrected chi connectivity index (χ2v) is 4.86. The minimum atomic E-state index is -0.339. The Labute approximate surface area is 119 Å². The highest BCUT2D eigenvalue weighted by molar-refractivity contribution is 5.87. The van der Waals surface area contributed by atoms with Crippen molar-refractivity contribution in [1.29, 1.82) is 0 Å². The number of hydrogen-bond donors (Lipinski definition) is 2. The van der Waals surface area contributed by atoms with E-state index < -0.39 is 0 Å². The highest BCUT2D eigenvalue weighted by Crippen LogP contribution is 2.06. The lowest BCUT2D eigenvalue weighted by atomic mass is 10.1.